The molecule has 0 aliphatic carbocycles. The van der Waals surface area contributed by atoms with E-state index in [1.54, 1.807) is 18.4 Å². The molecule has 11 aromatic carbocycles. The molecule has 18 rings (SSSR count). The molecule has 0 saturated heterocycles. The van der Waals surface area contributed by atoms with E-state index in [-0.39, 0.29) is 0 Å². The highest BCUT2D eigenvalue weighted by Crippen LogP contribution is 2.33. The highest BCUT2D eigenvalue weighted by atomic mass is 32.1. The summed E-state index contributed by atoms with van der Waals surface area (Å²) < 4.78 is 5.34. The quantitative estimate of drug-likeness (QED) is 0.0391. The molecule has 13 nitrogen and oxygen atoms in total. The van der Waals surface area contributed by atoms with Crippen LogP contribution in [-0.2, 0) is 77.0 Å². The maximum atomic E-state index is 5.34. The summed E-state index contributed by atoms with van der Waals surface area (Å²) in [5.74, 6) is 5.59. The van der Waals surface area contributed by atoms with Gasteiger partial charge >= 0.3 is 0 Å². The molecule has 742 valence electrons. The lowest BCUT2D eigenvalue weighted by Crippen LogP contribution is -2.06. The number of rotatable bonds is 30. The third-order valence-electron chi connectivity index (χ3n) is 25.8. The van der Waals surface area contributed by atoms with Crippen molar-refractivity contribution in [3.8, 4) is 73.4 Å². The van der Waals surface area contributed by atoms with E-state index >= 15 is 0 Å². The van der Waals surface area contributed by atoms with Crippen molar-refractivity contribution in [2.45, 2.75) is 188 Å². The molecule has 0 radical (unpaired) electrons. The lowest BCUT2D eigenvalue weighted by molar-refractivity contribution is 0.415. The average Bonchev–Trinajstić information content (AvgIpc) is 1.43. The molecule has 0 saturated carbocycles. The van der Waals surface area contributed by atoms with Gasteiger partial charge in [0.25, 0.3) is 0 Å². The van der Waals surface area contributed by atoms with Gasteiger partial charge in [-0.2, -0.15) is 0 Å². The Hall–Kier alpha value is -15.9. The molecule has 18 aromatic rings. The Balaban J connectivity index is 0.000000147. The van der Waals surface area contributed by atoms with Gasteiger partial charge in [-0.15, -0.1) is 44.2 Å². The van der Waals surface area contributed by atoms with Crippen molar-refractivity contribution >= 4 is 11.3 Å². The zero-order valence-electron chi connectivity index (χ0n) is 88.8. The summed E-state index contributed by atoms with van der Waals surface area (Å²) in [5.41, 5.74) is 42.9. The van der Waals surface area contributed by atoms with Crippen LogP contribution in [0.2, 0.25) is 0 Å². The van der Waals surface area contributed by atoms with Gasteiger partial charge in [0.15, 0.2) is 34.9 Å². The number of hydrogen-bond acceptors (Lipinski definition) is 14. The van der Waals surface area contributed by atoms with Crippen molar-refractivity contribution in [3.05, 3.63) is 539 Å². The third kappa shape index (κ3) is 31.1. The minimum Gasteiger partial charge on any atom is -0.497 e. The second-order valence-corrected chi connectivity index (χ2v) is 39.0. The van der Waals surface area contributed by atoms with Crippen molar-refractivity contribution in [1.29, 1.82) is 0 Å². The van der Waals surface area contributed by atoms with Gasteiger partial charge in [-0.3, -0.25) is 0 Å². The Bertz CT molecular complexity index is 7480. The van der Waals surface area contributed by atoms with Gasteiger partial charge in [0.1, 0.15) is 5.75 Å². The van der Waals surface area contributed by atoms with Crippen LogP contribution in [-0.4, -0.2) is 66.9 Å². The highest BCUT2D eigenvalue weighted by molar-refractivity contribution is 7.15. The standard InChI is InChI=1S/C23H24N2O.2C23H24N2.C22H22N2.C21H22N2S.C21H22N2/c1-5-7-21-17(3)24-23(19-8-6-9-20(15-19)26-4)25-22(21)14-18-12-10-16(2)11-13-18;1-5-7-21-18(4)24-23(20-9-6-8-17(3)14-20)25-22(21)15-19-12-10-16(2)11-13-19;1-5-6-21-18(4)24-23(20-13-9-17(3)10-14-20)25-22(21)15-19-11-7-16(2)8-12-19;1-4-8-20-17(3)23-22(19-9-6-5-7-10-19)24-21(20)15-18-13-11-16(2)12-14-18;1-5-6-18-16(4)22-21(20-12-9-15(3)24-20)23-19(18)13-17-10-7-14(2)8-11-17;1-4-19-16(3)22-21(18-8-6-5-7-9-18)23-20(19)14-17-12-10-15(2)11-13-17/h5-6,8-13,15H,1,7,14H2,2-4H3;5-6,8-14H,1,7,15H2,2-4H3;5,7-14H,1,6,15H2,2-4H3;4-7,9-14H,1,8,15H2,2-3H3;5,7-12H,1,6,13H2,2-4H3;5-13H,4,14H2,1-3H3. The molecule has 0 amide bonds. The molecule has 0 unspecified atom stereocenters. The first-order valence-corrected chi connectivity index (χ1v) is 51.5. The Labute approximate surface area is 877 Å². The van der Waals surface area contributed by atoms with E-state index in [0.717, 1.165) is 224 Å². The van der Waals surface area contributed by atoms with Crippen molar-refractivity contribution in [2.24, 2.45) is 0 Å². The summed E-state index contributed by atoms with van der Waals surface area (Å²) in [4.78, 5) is 60.2. The van der Waals surface area contributed by atoms with E-state index in [4.69, 9.17) is 64.5 Å². The summed E-state index contributed by atoms with van der Waals surface area (Å²) in [7, 11) is 1.67. The number of benzene rings is 11. The topological polar surface area (TPSA) is 164 Å². The van der Waals surface area contributed by atoms with Crippen LogP contribution in [0.1, 0.15) is 191 Å². The van der Waals surface area contributed by atoms with E-state index in [1.165, 1.54) is 111 Å². The van der Waals surface area contributed by atoms with Crippen LogP contribution < -0.4 is 4.74 Å². The number of thiophene rings is 1. The Morgan fingerprint density at radius 3 is 0.728 bits per heavy atom. The third-order valence-corrected chi connectivity index (χ3v) is 26.8. The number of ether oxygens (including phenoxy) is 1. The maximum absolute atomic E-state index is 5.34. The number of allylic oxidation sites excluding steroid dienone is 5. The molecule has 0 atom stereocenters. The monoisotopic (exact) mass is 1950 g/mol. The van der Waals surface area contributed by atoms with Crippen LogP contribution in [0.4, 0.5) is 0 Å². The fourth-order valence-corrected chi connectivity index (χ4v) is 18.3. The highest BCUT2D eigenvalue weighted by Gasteiger charge is 2.22. The molecule has 0 spiro atoms. The van der Waals surface area contributed by atoms with Gasteiger partial charge in [-0.05, 0) is 239 Å². The lowest BCUT2D eigenvalue weighted by atomic mass is 10.0. The van der Waals surface area contributed by atoms with Gasteiger partial charge < -0.3 is 4.74 Å². The Morgan fingerprint density at radius 2 is 0.463 bits per heavy atom. The van der Waals surface area contributed by atoms with E-state index < -0.39 is 0 Å². The molecule has 0 N–H and O–H groups in total. The molecule has 0 bridgehead atoms. The minimum absolute atomic E-state index is 0.733. The first kappa shape index (κ1) is 108. The van der Waals surface area contributed by atoms with E-state index in [0.29, 0.717) is 0 Å². The largest absolute Gasteiger partial charge is 0.497 e. The maximum Gasteiger partial charge on any atom is 0.169 e. The molecule has 7 aromatic heterocycles. The zero-order valence-corrected chi connectivity index (χ0v) is 89.6. The van der Waals surface area contributed by atoms with E-state index in [1.807, 2.05) is 98.0 Å². The van der Waals surface area contributed by atoms with Crippen molar-refractivity contribution < 1.29 is 4.74 Å². The molecular weight excluding hydrogens is 1810 g/mol. The number of nitrogens with zero attached hydrogens (tertiary/aromatic N) is 12. The van der Waals surface area contributed by atoms with Crippen LogP contribution in [0, 0.1) is 104 Å². The van der Waals surface area contributed by atoms with Crippen LogP contribution in [0.3, 0.4) is 0 Å². The van der Waals surface area contributed by atoms with Gasteiger partial charge in [-0.25, -0.2) is 59.8 Å². The average molecular weight is 1950 g/mol. The van der Waals surface area contributed by atoms with Crippen LogP contribution in [0.5, 0.6) is 5.75 Å². The lowest BCUT2D eigenvalue weighted by Gasteiger charge is -2.13. The molecule has 14 heteroatoms. The summed E-state index contributed by atoms with van der Waals surface area (Å²) in [5, 5.41) is 0. The molecule has 147 heavy (non-hydrogen) atoms. The normalized spacial score (nSPS) is 10.7. The Kier molecular flexibility index (Phi) is 39.5. The predicted octanol–water partition coefficient (Wildman–Crippen LogP) is 31.3. The minimum atomic E-state index is 0.733. The Morgan fingerprint density at radius 1 is 0.224 bits per heavy atom. The van der Waals surface area contributed by atoms with Gasteiger partial charge in [0.2, 0.25) is 0 Å². The zero-order chi connectivity index (χ0) is 104. The second-order valence-electron chi connectivity index (χ2n) is 37.7. The van der Waals surface area contributed by atoms with Gasteiger partial charge in [0.05, 0.1) is 46.2 Å². The molecular formula is C133H138N12OS. The van der Waals surface area contributed by atoms with Crippen LogP contribution in [0.15, 0.2) is 354 Å². The number of aromatic nitrogens is 12. The number of methoxy groups -OCH3 is 1. The smallest absolute Gasteiger partial charge is 0.169 e. The SMILES string of the molecule is C=CCc1c(C)nc(-c2ccc(C)cc2)nc1Cc1ccc(C)cc1.C=CCc1c(C)nc(-c2ccc(C)s2)nc1Cc1ccc(C)cc1.C=CCc1c(C)nc(-c2cccc(C)c2)nc1Cc1ccc(C)cc1.C=CCc1c(C)nc(-c2cccc(OC)c2)nc1Cc1ccc(C)cc1.C=CCc1c(C)nc(-c2ccccc2)nc1Cc1ccc(C)cc1.CCc1c(C)nc(-c2ccccc2)nc1Cc1ccc(C)cc1. The fraction of sp³-hybridized carbons (Fsp3) is 0.218. The first-order valence-electron chi connectivity index (χ1n) is 50.7. The van der Waals surface area contributed by atoms with Crippen molar-refractivity contribution in [1.82, 2.24) is 59.8 Å². The predicted molar refractivity (Wildman–Crippen MR) is 615 cm³/mol. The number of hydrogen-bond donors (Lipinski definition) is 0. The summed E-state index contributed by atoms with van der Waals surface area (Å²) in [6.45, 7) is 53.0. The fourth-order valence-electron chi connectivity index (χ4n) is 17.4. The van der Waals surface area contributed by atoms with Crippen molar-refractivity contribution in [3.63, 3.8) is 0 Å². The summed E-state index contributed by atoms with van der Waals surface area (Å²) in [6.07, 6.45) is 19.4. The van der Waals surface area contributed by atoms with Gasteiger partial charge in [0, 0.05) is 105 Å². The van der Waals surface area contributed by atoms with Crippen LogP contribution >= 0.6 is 11.3 Å². The molecule has 0 aliphatic rings. The first-order chi connectivity index (χ1) is 71.1. The second kappa shape index (κ2) is 53.6. The van der Waals surface area contributed by atoms with Crippen molar-refractivity contribution in [2.75, 3.05) is 7.11 Å². The van der Waals surface area contributed by atoms with Crippen LogP contribution in [0.25, 0.3) is 67.6 Å². The van der Waals surface area contributed by atoms with E-state index in [9.17, 15) is 0 Å². The molecule has 0 aliphatic heterocycles. The number of aryl methyl sites for hydroxylation is 15. The molecule has 7 heterocycles. The molecule has 0 fully saturated rings. The van der Waals surface area contributed by atoms with E-state index in [2.05, 4.69) is 367 Å². The summed E-state index contributed by atoms with van der Waals surface area (Å²) >= 11 is 1.74. The van der Waals surface area contributed by atoms with Gasteiger partial charge in [-0.1, -0.05) is 343 Å². The summed E-state index contributed by atoms with van der Waals surface area (Å²) in [6, 6.07) is 101.